The minimum Gasteiger partial charge on any atom is -0.450 e. The van der Waals surface area contributed by atoms with Gasteiger partial charge in [0.05, 0.1) is 12.6 Å². The first-order chi connectivity index (χ1) is 11.7. The molecule has 1 aliphatic rings. The van der Waals surface area contributed by atoms with Crippen molar-refractivity contribution in [2.75, 3.05) is 19.7 Å². The molecule has 1 aromatic carbocycles. The van der Waals surface area contributed by atoms with Crippen molar-refractivity contribution in [3.05, 3.63) is 35.9 Å². The molecule has 132 valence electrons. The fourth-order valence-corrected chi connectivity index (χ4v) is 3.12. The van der Waals surface area contributed by atoms with Crippen LogP contribution in [0.4, 0.5) is 4.79 Å². The number of nitrogens with one attached hydrogen (secondary N) is 1. The molecule has 1 aromatic rings. The predicted molar refractivity (Wildman–Crippen MR) is 93.6 cm³/mol. The van der Waals surface area contributed by atoms with Gasteiger partial charge in [-0.1, -0.05) is 43.7 Å². The zero-order valence-electron chi connectivity index (χ0n) is 14.7. The van der Waals surface area contributed by atoms with Crippen LogP contribution >= 0.6 is 0 Å². The Morgan fingerprint density at radius 2 is 1.88 bits per heavy atom. The van der Waals surface area contributed by atoms with Gasteiger partial charge in [-0.2, -0.15) is 0 Å². The quantitative estimate of drug-likeness (QED) is 0.867. The Morgan fingerprint density at radius 1 is 1.21 bits per heavy atom. The van der Waals surface area contributed by atoms with Crippen LogP contribution in [0.25, 0.3) is 0 Å². The third-order valence-electron chi connectivity index (χ3n) is 4.49. The first-order valence-corrected chi connectivity index (χ1v) is 8.92. The first kappa shape index (κ1) is 18.3. The van der Waals surface area contributed by atoms with Crippen molar-refractivity contribution in [1.29, 1.82) is 0 Å². The summed E-state index contributed by atoms with van der Waals surface area (Å²) in [5, 5.41) is 3.20. The van der Waals surface area contributed by atoms with Gasteiger partial charge in [-0.25, -0.2) is 4.79 Å². The van der Waals surface area contributed by atoms with E-state index in [1.54, 1.807) is 11.8 Å². The number of benzene rings is 1. The normalized spacial score (nSPS) is 16.5. The maximum absolute atomic E-state index is 12.6. The molecule has 1 saturated heterocycles. The number of carbonyl (C=O) groups excluding carboxylic acids is 2. The van der Waals surface area contributed by atoms with E-state index in [2.05, 4.69) is 24.4 Å². The molecule has 1 aliphatic heterocycles. The van der Waals surface area contributed by atoms with Gasteiger partial charge in [-0.15, -0.1) is 0 Å². The molecule has 0 aliphatic carbocycles. The summed E-state index contributed by atoms with van der Waals surface area (Å²) < 4.78 is 5.02. The number of amides is 2. The van der Waals surface area contributed by atoms with Gasteiger partial charge >= 0.3 is 6.09 Å². The predicted octanol–water partition coefficient (Wildman–Crippen LogP) is 3.51. The number of rotatable bonds is 6. The van der Waals surface area contributed by atoms with Crippen LogP contribution in [0, 0.1) is 5.92 Å². The summed E-state index contributed by atoms with van der Waals surface area (Å²) in [6.45, 7) is 5.48. The maximum atomic E-state index is 12.6. The molecular weight excluding hydrogens is 304 g/mol. The van der Waals surface area contributed by atoms with Gasteiger partial charge in [-0.3, -0.25) is 4.79 Å². The van der Waals surface area contributed by atoms with Crippen LogP contribution < -0.4 is 5.32 Å². The molecule has 0 spiro atoms. The number of likely N-dealkylation sites (tertiary alicyclic amines) is 1. The van der Waals surface area contributed by atoms with Gasteiger partial charge in [0.15, 0.2) is 0 Å². The zero-order valence-corrected chi connectivity index (χ0v) is 14.7. The molecule has 0 aromatic heterocycles. The van der Waals surface area contributed by atoms with E-state index in [0.717, 1.165) is 18.4 Å². The van der Waals surface area contributed by atoms with E-state index in [4.69, 9.17) is 4.74 Å². The molecule has 2 rings (SSSR count). The monoisotopic (exact) mass is 332 g/mol. The second kappa shape index (κ2) is 9.30. The lowest BCUT2D eigenvalue weighted by atomic mass is 9.94. The third-order valence-corrected chi connectivity index (χ3v) is 4.49. The molecule has 5 heteroatoms. The molecule has 0 radical (unpaired) electrons. The lowest BCUT2D eigenvalue weighted by molar-refractivity contribution is -0.127. The number of carbonyl (C=O) groups is 2. The SMILES string of the molecule is CCCC(NC(=O)C1CCN(C(=O)OCC)CC1)c1ccccc1. The van der Waals surface area contributed by atoms with Gasteiger partial charge < -0.3 is 15.0 Å². The molecule has 0 saturated carbocycles. The lowest BCUT2D eigenvalue weighted by Crippen LogP contribution is -2.43. The third kappa shape index (κ3) is 4.98. The van der Waals surface area contributed by atoms with Crippen molar-refractivity contribution in [2.45, 2.75) is 45.6 Å². The summed E-state index contributed by atoms with van der Waals surface area (Å²) in [6, 6.07) is 10.2. The molecule has 2 amide bonds. The Bertz CT molecular complexity index is 525. The van der Waals surface area contributed by atoms with E-state index in [0.29, 0.717) is 32.5 Å². The second-order valence-corrected chi connectivity index (χ2v) is 6.22. The average Bonchev–Trinajstić information content (AvgIpc) is 2.62. The number of piperidine rings is 1. The average molecular weight is 332 g/mol. The lowest BCUT2D eigenvalue weighted by Gasteiger charge is -2.31. The van der Waals surface area contributed by atoms with Gasteiger partial charge in [0.25, 0.3) is 0 Å². The van der Waals surface area contributed by atoms with Crippen molar-refractivity contribution >= 4 is 12.0 Å². The van der Waals surface area contributed by atoms with Crippen molar-refractivity contribution in [2.24, 2.45) is 5.92 Å². The summed E-state index contributed by atoms with van der Waals surface area (Å²) in [5.74, 6) is 0.0690. The number of nitrogens with zero attached hydrogens (tertiary/aromatic N) is 1. The number of ether oxygens (including phenoxy) is 1. The molecule has 1 atom stereocenters. The van der Waals surface area contributed by atoms with Crippen LogP contribution in [0.15, 0.2) is 30.3 Å². The molecule has 1 fully saturated rings. The largest absolute Gasteiger partial charge is 0.450 e. The van der Waals surface area contributed by atoms with Crippen molar-refractivity contribution < 1.29 is 14.3 Å². The maximum Gasteiger partial charge on any atom is 0.409 e. The fourth-order valence-electron chi connectivity index (χ4n) is 3.12. The molecule has 24 heavy (non-hydrogen) atoms. The minimum absolute atomic E-state index is 0.0289. The van der Waals surface area contributed by atoms with E-state index < -0.39 is 0 Å². The van der Waals surface area contributed by atoms with Gasteiger partial charge in [0.2, 0.25) is 5.91 Å². The minimum atomic E-state index is -0.274. The Morgan fingerprint density at radius 3 is 2.46 bits per heavy atom. The van der Waals surface area contributed by atoms with Crippen LogP contribution in [0.3, 0.4) is 0 Å². The van der Waals surface area contributed by atoms with E-state index in [9.17, 15) is 9.59 Å². The zero-order chi connectivity index (χ0) is 17.4. The van der Waals surface area contributed by atoms with Gasteiger partial charge in [0, 0.05) is 19.0 Å². The van der Waals surface area contributed by atoms with Crippen LogP contribution in [-0.4, -0.2) is 36.6 Å². The molecule has 0 bridgehead atoms. The molecule has 5 nitrogen and oxygen atoms in total. The summed E-state index contributed by atoms with van der Waals surface area (Å²) >= 11 is 0. The molecular formula is C19H28N2O3. The highest BCUT2D eigenvalue weighted by molar-refractivity contribution is 5.79. The van der Waals surface area contributed by atoms with E-state index in [-0.39, 0.29) is 24.0 Å². The Hall–Kier alpha value is -2.04. The van der Waals surface area contributed by atoms with Crippen LogP contribution in [0.2, 0.25) is 0 Å². The Kier molecular flexibility index (Phi) is 7.09. The Balaban J connectivity index is 1.89. The number of hydrogen-bond donors (Lipinski definition) is 1. The van der Waals surface area contributed by atoms with Crippen molar-refractivity contribution in [1.82, 2.24) is 10.2 Å². The van der Waals surface area contributed by atoms with E-state index >= 15 is 0 Å². The topological polar surface area (TPSA) is 58.6 Å². The molecule has 1 N–H and O–H groups in total. The highest BCUT2D eigenvalue weighted by Gasteiger charge is 2.29. The molecule has 1 heterocycles. The van der Waals surface area contributed by atoms with Gasteiger partial charge in [0.1, 0.15) is 0 Å². The molecule has 1 unspecified atom stereocenters. The second-order valence-electron chi connectivity index (χ2n) is 6.22. The van der Waals surface area contributed by atoms with E-state index in [1.165, 1.54) is 0 Å². The summed E-state index contributed by atoms with van der Waals surface area (Å²) in [5.41, 5.74) is 1.15. The van der Waals surface area contributed by atoms with Gasteiger partial charge in [-0.05, 0) is 31.7 Å². The fraction of sp³-hybridized carbons (Fsp3) is 0.579. The van der Waals surface area contributed by atoms with Crippen LogP contribution in [0.1, 0.15) is 51.1 Å². The highest BCUT2D eigenvalue weighted by Crippen LogP contribution is 2.22. The smallest absolute Gasteiger partial charge is 0.409 e. The van der Waals surface area contributed by atoms with E-state index in [1.807, 2.05) is 18.2 Å². The standard InChI is InChI=1S/C19H28N2O3/c1-3-8-17(15-9-6-5-7-10-15)20-18(22)16-11-13-21(14-12-16)19(23)24-4-2/h5-7,9-10,16-17H,3-4,8,11-14H2,1-2H3,(H,20,22). The first-order valence-electron chi connectivity index (χ1n) is 8.92. The summed E-state index contributed by atoms with van der Waals surface area (Å²) in [6.07, 6.45) is 3.05. The van der Waals surface area contributed by atoms with Crippen LogP contribution in [0.5, 0.6) is 0 Å². The Labute approximate surface area is 144 Å². The summed E-state index contributed by atoms with van der Waals surface area (Å²) in [4.78, 5) is 26.0. The summed E-state index contributed by atoms with van der Waals surface area (Å²) in [7, 11) is 0. The number of hydrogen-bond acceptors (Lipinski definition) is 3. The van der Waals surface area contributed by atoms with Crippen molar-refractivity contribution in [3.8, 4) is 0 Å². The van der Waals surface area contributed by atoms with Crippen LogP contribution in [-0.2, 0) is 9.53 Å². The van der Waals surface area contributed by atoms with Crippen molar-refractivity contribution in [3.63, 3.8) is 0 Å². The highest BCUT2D eigenvalue weighted by atomic mass is 16.6.